The zero-order valence-electron chi connectivity index (χ0n) is 21.4. The normalized spacial score (nSPS) is 20.3. The van der Waals surface area contributed by atoms with E-state index < -0.39 is 0 Å². The highest BCUT2D eigenvalue weighted by atomic mass is 16.5. The first-order valence-electron chi connectivity index (χ1n) is 13.8. The second-order valence-electron chi connectivity index (χ2n) is 10.6. The molecule has 2 unspecified atom stereocenters. The van der Waals surface area contributed by atoms with Gasteiger partial charge in [-0.15, -0.1) is 0 Å². The molecule has 37 heavy (non-hydrogen) atoms. The summed E-state index contributed by atoms with van der Waals surface area (Å²) in [5.74, 6) is 1.65. The summed E-state index contributed by atoms with van der Waals surface area (Å²) < 4.78 is 6.04. The minimum absolute atomic E-state index is 0.337. The maximum Gasteiger partial charge on any atom is 0.119 e. The number of benzene rings is 3. The van der Waals surface area contributed by atoms with Gasteiger partial charge in [-0.2, -0.15) is 0 Å². The summed E-state index contributed by atoms with van der Waals surface area (Å²) >= 11 is 0. The lowest BCUT2D eigenvalue weighted by Crippen LogP contribution is -2.43. The fourth-order valence-corrected chi connectivity index (χ4v) is 6.70. The highest BCUT2D eigenvalue weighted by molar-refractivity contribution is 5.97. The second kappa shape index (κ2) is 9.23. The molecule has 4 aliphatic rings. The second-order valence-corrected chi connectivity index (χ2v) is 10.6. The van der Waals surface area contributed by atoms with Crippen LogP contribution in [-0.4, -0.2) is 6.61 Å². The number of ether oxygens (including phenoxy) is 1. The third-order valence-electron chi connectivity index (χ3n) is 8.38. The molecular weight excluding hydrogens is 448 g/mol. The highest BCUT2D eigenvalue weighted by Gasteiger charge is 2.42. The van der Waals surface area contributed by atoms with Crippen LogP contribution in [0.3, 0.4) is 0 Å². The summed E-state index contributed by atoms with van der Waals surface area (Å²) in [7, 11) is 0. The highest BCUT2D eigenvalue weighted by Crippen LogP contribution is 2.54. The first kappa shape index (κ1) is 22.4. The zero-order valence-corrected chi connectivity index (χ0v) is 21.4. The Bertz CT molecular complexity index is 1620. The van der Waals surface area contributed by atoms with Crippen molar-refractivity contribution in [3.05, 3.63) is 135 Å². The quantitative estimate of drug-likeness (QED) is 0.324. The molecule has 0 saturated carbocycles. The number of hydrogen-bond acceptors (Lipinski definition) is 1. The van der Waals surface area contributed by atoms with Crippen LogP contribution in [0.2, 0.25) is 0 Å². The molecule has 7 rings (SSSR count). The Morgan fingerprint density at radius 1 is 0.757 bits per heavy atom. The molecular formula is C36H32O. The average molecular weight is 481 g/mol. The standard InChI is InChI=1S/C36H32O/c1-2-3-4-9-21-37-27-19-17-24(18-20-27)33-23-26-22-25-11-5-6-12-28(25)35-30-14-8-7-13-29(30)31-15-10-16-32(33)36(31)34(26)35/h5-8,10-20,22-23,34,36H,2-4,9,21H2,1H3. The van der Waals surface area contributed by atoms with Crippen molar-refractivity contribution in [2.45, 2.75) is 32.6 Å². The Labute approximate surface area is 219 Å². The Balaban J connectivity index is 1.34. The van der Waals surface area contributed by atoms with Crippen molar-refractivity contribution in [1.29, 1.82) is 0 Å². The van der Waals surface area contributed by atoms with Crippen molar-refractivity contribution in [2.75, 3.05) is 6.61 Å². The molecule has 182 valence electrons. The van der Waals surface area contributed by atoms with Gasteiger partial charge in [0.2, 0.25) is 0 Å². The van der Waals surface area contributed by atoms with E-state index in [4.69, 9.17) is 4.74 Å². The molecule has 0 aromatic heterocycles. The van der Waals surface area contributed by atoms with E-state index in [9.17, 15) is 0 Å². The molecule has 0 N–H and O–H groups in total. The summed E-state index contributed by atoms with van der Waals surface area (Å²) in [6.07, 6.45) is 16.7. The molecule has 0 radical (unpaired) electrons. The van der Waals surface area contributed by atoms with Crippen molar-refractivity contribution in [2.24, 2.45) is 11.8 Å². The van der Waals surface area contributed by atoms with E-state index >= 15 is 0 Å². The Hall–Kier alpha value is -3.84. The van der Waals surface area contributed by atoms with Gasteiger partial charge in [0.05, 0.1) is 6.61 Å². The first-order chi connectivity index (χ1) is 18.3. The lowest BCUT2D eigenvalue weighted by molar-refractivity contribution is 0.305. The smallest absolute Gasteiger partial charge is 0.119 e. The van der Waals surface area contributed by atoms with Crippen molar-refractivity contribution in [1.82, 2.24) is 0 Å². The van der Waals surface area contributed by atoms with Crippen molar-refractivity contribution in [3.8, 4) is 5.75 Å². The SMILES string of the molecule is CCCCCCOc1ccc(C2=CC3=Cc4ccccc4C4=c5ccccc5=C5C=CC=C2C5C34)cc1. The van der Waals surface area contributed by atoms with Gasteiger partial charge in [0, 0.05) is 11.8 Å². The first-order valence-corrected chi connectivity index (χ1v) is 13.8. The Morgan fingerprint density at radius 2 is 1.57 bits per heavy atom. The van der Waals surface area contributed by atoms with Gasteiger partial charge < -0.3 is 4.74 Å². The fourth-order valence-electron chi connectivity index (χ4n) is 6.70. The van der Waals surface area contributed by atoms with Crippen LogP contribution in [0.25, 0.3) is 22.8 Å². The molecule has 2 atom stereocenters. The topological polar surface area (TPSA) is 9.23 Å². The number of fused-ring (bicyclic) bond motifs is 3. The van der Waals surface area contributed by atoms with Gasteiger partial charge in [-0.3, -0.25) is 0 Å². The predicted molar refractivity (Wildman–Crippen MR) is 154 cm³/mol. The van der Waals surface area contributed by atoms with Crippen molar-refractivity contribution in [3.63, 3.8) is 0 Å². The maximum absolute atomic E-state index is 6.04. The van der Waals surface area contributed by atoms with Crippen LogP contribution in [-0.2, 0) is 0 Å². The van der Waals surface area contributed by atoms with Crippen LogP contribution in [0.1, 0.15) is 49.3 Å². The molecule has 1 nitrogen and oxygen atoms in total. The van der Waals surface area contributed by atoms with Crippen molar-refractivity contribution >= 4 is 22.8 Å². The van der Waals surface area contributed by atoms with Crippen LogP contribution in [0.15, 0.2) is 108 Å². The molecule has 0 amide bonds. The molecule has 1 heteroatoms. The summed E-state index contributed by atoms with van der Waals surface area (Å²) in [5.41, 5.74) is 11.1. The van der Waals surface area contributed by atoms with E-state index in [1.807, 2.05) is 0 Å². The summed E-state index contributed by atoms with van der Waals surface area (Å²) in [5, 5.41) is 2.77. The fraction of sp³-hybridized carbons (Fsp3) is 0.222. The number of unbranched alkanes of at least 4 members (excludes halogenated alkanes) is 3. The van der Waals surface area contributed by atoms with E-state index in [1.165, 1.54) is 74.3 Å². The van der Waals surface area contributed by atoms with Gasteiger partial charge >= 0.3 is 0 Å². The molecule has 0 saturated heterocycles. The van der Waals surface area contributed by atoms with Gasteiger partial charge in [0.25, 0.3) is 0 Å². The molecule has 0 heterocycles. The lowest BCUT2D eigenvalue weighted by atomic mass is 9.59. The van der Waals surface area contributed by atoms with E-state index in [0.717, 1.165) is 18.8 Å². The molecule has 3 aromatic rings. The number of rotatable bonds is 7. The van der Waals surface area contributed by atoms with Crippen LogP contribution >= 0.6 is 0 Å². The molecule has 0 spiro atoms. The van der Waals surface area contributed by atoms with Gasteiger partial charge in [-0.1, -0.05) is 117 Å². The molecule has 0 bridgehead atoms. The van der Waals surface area contributed by atoms with E-state index in [0.29, 0.717) is 11.8 Å². The molecule has 0 aliphatic heterocycles. The van der Waals surface area contributed by atoms with Crippen LogP contribution < -0.4 is 15.2 Å². The zero-order chi connectivity index (χ0) is 24.8. The van der Waals surface area contributed by atoms with E-state index in [1.54, 1.807) is 0 Å². The van der Waals surface area contributed by atoms with Crippen molar-refractivity contribution < 1.29 is 4.74 Å². The van der Waals surface area contributed by atoms with Gasteiger partial charge in [0.15, 0.2) is 0 Å². The lowest BCUT2D eigenvalue weighted by Gasteiger charge is -2.43. The molecule has 3 aromatic carbocycles. The number of hydrogen-bond donors (Lipinski definition) is 0. The minimum Gasteiger partial charge on any atom is -0.494 e. The van der Waals surface area contributed by atoms with E-state index in [2.05, 4.69) is 110 Å². The summed E-state index contributed by atoms with van der Waals surface area (Å²) in [6.45, 7) is 3.04. The number of allylic oxidation sites excluding steroid dienone is 7. The predicted octanol–water partition coefficient (Wildman–Crippen LogP) is 7.23. The van der Waals surface area contributed by atoms with Crippen LogP contribution in [0.5, 0.6) is 5.75 Å². The monoisotopic (exact) mass is 480 g/mol. The summed E-state index contributed by atoms with van der Waals surface area (Å²) in [6, 6.07) is 26.7. The Morgan fingerprint density at radius 3 is 2.43 bits per heavy atom. The third-order valence-corrected chi connectivity index (χ3v) is 8.38. The third kappa shape index (κ3) is 3.68. The van der Waals surface area contributed by atoms with Gasteiger partial charge in [-0.25, -0.2) is 0 Å². The van der Waals surface area contributed by atoms with Crippen LogP contribution in [0.4, 0.5) is 0 Å². The maximum atomic E-state index is 6.04. The molecule has 0 fully saturated rings. The van der Waals surface area contributed by atoms with E-state index in [-0.39, 0.29) is 0 Å². The Kier molecular flexibility index (Phi) is 5.58. The minimum atomic E-state index is 0.337. The molecule has 4 aliphatic carbocycles. The average Bonchev–Trinajstić information content (AvgIpc) is 2.96. The van der Waals surface area contributed by atoms with Crippen LogP contribution in [0, 0.1) is 11.8 Å². The van der Waals surface area contributed by atoms with Gasteiger partial charge in [0.1, 0.15) is 5.75 Å². The summed E-state index contributed by atoms with van der Waals surface area (Å²) in [4.78, 5) is 0. The largest absolute Gasteiger partial charge is 0.494 e. The van der Waals surface area contributed by atoms with Gasteiger partial charge in [-0.05, 0) is 73.5 Å².